The fourth-order valence-electron chi connectivity index (χ4n) is 1.83. The van der Waals surface area contributed by atoms with Gasteiger partial charge in [-0.05, 0) is 17.7 Å². The van der Waals surface area contributed by atoms with Gasteiger partial charge in [0.1, 0.15) is 12.3 Å². The average molecular weight is 312 g/mol. The molecule has 1 aliphatic heterocycles. The monoisotopic (exact) mass is 311 g/mol. The van der Waals surface area contributed by atoms with E-state index in [2.05, 4.69) is 0 Å². The van der Waals surface area contributed by atoms with Crippen LogP contribution in [0.1, 0.15) is 17.2 Å². The number of benzene rings is 1. The van der Waals surface area contributed by atoms with Crippen LogP contribution in [0.5, 0.6) is 0 Å². The van der Waals surface area contributed by atoms with Crippen LogP contribution in [0.2, 0.25) is 0 Å². The number of alkyl halides is 4. The van der Waals surface area contributed by atoms with E-state index in [4.69, 9.17) is 28.0 Å². The van der Waals surface area contributed by atoms with Crippen LogP contribution in [0.4, 0.5) is 13.2 Å². The van der Waals surface area contributed by atoms with Crippen LogP contribution in [-0.2, 0) is 11.0 Å². The number of hydrogen-bond donors (Lipinski definition) is 0. The van der Waals surface area contributed by atoms with Gasteiger partial charge in [0.2, 0.25) is 0 Å². The normalized spacial score (nSPS) is 20.3. The summed E-state index contributed by atoms with van der Waals surface area (Å²) in [6.07, 6.45) is -2.99. The van der Waals surface area contributed by atoms with Crippen LogP contribution in [0.15, 0.2) is 35.6 Å². The third-order valence-electron chi connectivity index (χ3n) is 2.71. The Hall–Kier alpha value is -0.910. The summed E-state index contributed by atoms with van der Waals surface area (Å²) in [5, 5.41) is 1.93. The highest BCUT2D eigenvalue weighted by atomic mass is 35.5. The largest absolute Gasteiger partial charge is 0.416 e. The summed E-state index contributed by atoms with van der Waals surface area (Å²) < 4.78 is 37.4. The zero-order chi connectivity index (χ0) is 14.0. The van der Waals surface area contributed by atoms with Gasteiger partial charge in [0, 0.05) is 12.4 Å². The predicted molar refractivity (Wildman–Crippen MR) is 66.6 cm³/mol. The van der Waals surface area contributed by atoms with E-state index in [9.17, 15) is 13.2 Å². The molecule has 0 radical (unpaired) electrons. The van der Waals surface area contributed by atoms with Gasteiger partial charge in [-0.1, -0.05) is 23.7 Å². The van der Waals surface area contributed by atoms with Crippen molar-refractivity contribution in [1.82, 2.24) is 5.06 Å². The number of halogens is 5. The lowest BCUT2D eigenvalue weighted by molar-refractivity contribution is -0.137. The second-order valence-corrected chi connectivity index (χ2v) is 4.77. The lowest BCUT2D eigenvalue weighted by atomic mass is 10.0. The molecule has 1 aromatic rings. The summed E-state index contributed by atoms with van der Waals surface area (Å²) in [6.45, 7) is 0.417. The molecule has 0 saturated carbocycles. The maximum atomic E-state index is 12.5. The van der Waals surface area contributed by atoms with Gasteiger partial charge in [0.25, 0.3) is 0 Å². The van der Waals surface area contributed by atoms with Crippen molar-refractivity contribution < 1.29 is 18.0 Å². The zero-order valence-electron chi connectivity index (χ0n) is 9.62. The van der Waals surface area contributed by atoms with Gasteiger partial charge in [-0.2, -0.15) is 13.2 Å². The summed E-state index contributed by atoms with van der Waals surface area (Å²) in [6, 6.07) is 4.41. The molecule has 0 aliphatic carbocycles. The van der Waals surface area contributed by atoms with Gasteiger partial charge in [-0.15, -0.1) is 16.7 Å². The molecule has 0 fully saturated rings. The van der Waals surface area contributed by atoms with Crippen molar-refractivity contribution >= 4 is 23.2 Å². The van der Waals surface area contributed by atoms with Crippen LogP contribution in [0, 0.1) is 0 Å². The fourth-order valence-corrected chi connectivity index (χ4v) is 2.27. The molecule has 0 bridgehead atoms. The van der Waals surface area contributed by atoms with Crippen LogP contribution in [0.25, 0.3) is 0 Å². The minimum atomic E-state index is -4.35. The Labute approximate surface area is 118 Å². The second kappa shape index (κ2) is 5.61. The minimum absolute atomic E-state index is 0.329. The summed E-state index contributed by atoms with van der Waals surface area (Å²) in [5.41, 5.74) is -0.0731. The smallest absolute Gasteiger partial charge is 0.411 e. The first-order valence-corrected chi connectivity index (χ1v) is 6.37. The van der Waals surface area contributed by atoms with Crippen LogP contribution < -0.4 is 0 Å². The molecule has 2 nitrogen and oxygen atoms in total. The molecule has 0 amide bonds. The highest BCUT2D eigenvalue weighted by Crippen LogP contribution is 2.37. The Bertz CT molecular complexity index is 473. The summed E-state index contributed by atoms with van der Waals surface area (Å²) >= 11 is 11.6. The van der Waals surface area contributed by atoms with Crippen molar-refractivity contribution in [3.63, 3.8) is 0 Å². The number of hydrogen-bond acceptors (Lipinski definition) is 2. The van der Waals surface area contributed by atoms with E-state index in [-0.39, 0.29) is 0 Å². The quantitative estimate of drug-likeness (QED) is 0.771. The van der Waals surface area contributed by atoms with Gasteiger partial charge in [0.15, 0.2) is 0 Å². The standard InChI is InChI=1S/C12H10Cl2F3NO/c13-5-6-18-11(10(14)7-19-18)8-1-3-9(4-2-8)12(15,16)17/h1-4,7,11H,5-6H2. The van der Waals surface area contributed by atoms with Gasteiger partial charge in [-0.3, -0.25) is 0 Å². The van der Waals surface area contributed by atoms with E-state index >= 15 is 0 Å². The molecule has 0 spiro atoms. The molecule has 7 heteroatoms. The van der Waals surface area contributed by atoms with Crippen LogP contribution >= 0.6 is 23.2 Å². The SMILES string of the molecule is FC(F)(F)c1ccc(C2C(Cl)=CON2CCCl)cc1. The Balaban J connectivity index is 2.23. The van der Waals surface area contributed by atoms with Crippen molar-refractivity contribution in [2.75, 3.05) is 12.4 Å². The number of hydroxylamine groups is 2. The van der Waals surface area contributed by atoms with E-state index in [1.165, 1.54) is 23.5 Å². The Morgan fingerprint density at radius 2 is 1.84 bits per heavy atom. The maximum absolute atomic E-state index is 12.5. The van der Waals surface area contributed by atoms with Gasteiger partial charge in [0.05, 0.1) is 10.6 Å². The topological polar surface area (TPSA) is 12.5 Å². The first-order chi connectivity index (χ1) is 8.93. The number of rotatable bonds is 3. The fraction of sp³-hybridized carbons (Fsp3) is 0.333. The predicted octanol–water partition coefficient (Wildman–Crippen LogP) is 4.31. The van der Waals surface area contributed by atoms with E-state index in [1.807, 2.05) is 0 Å². The van der Waals surface area contributed by atoms with Gasteiger partial charge >= 0.3 is 6.18 Å². The molecular weight excluding hydrogens is 302 g/mol. The van der Waals surface area contributed by atoms with Gasteiger partial charge in [-0.25, -0.2) is 0 Å². The molecule has 0 N–H and O–H groups in total. The third kappa shape index (κ3) is 3.16. The first kappa shape index (κ1) is 14.5. The van der Waals surface area contributed by atoms with Crippen LogP contribution in [0.3, 0.4) is 0 Å². The number of nitrogens with zero attached hydrogens (tertiary/aromatic N) is 1. The van der Waals surface area contributed by atoms with Crippen LogP contribution in [-0.4, -0.2) is 17.5 Å². The Morgan fingerprint density at radius 3 is 2.37 bits per heavy atom. The molecule has 0 saturated heterocycles. The minimum Gasteiger partial charge on any atom is -0.411 e. The second-order valence-electron chi connectivity index (χ2n) is 3.96. The zero-order valence-corrected chi connectivity index (χ0v) is 11.1. The third-order valence-corrected chi connectivity index (χ3v) is 3.17. The van der Waals surface area contributed by atoms with E-state index in [0.29, 0.717) is 23.0 Å². The summed E-state index contributed by atoms with van der Waals surface area (Å²) in [4.78, 5) is 5.20. The molecule has 0 aromatic heterocycles. The molecule has 1 atom stereocenters. The van der Waals surface area contributed by atoms with E-state index in [0.717, 1.165) is 12.1 Å². The van der Waals surface area contributed by atoms with Gasteiger partial charge < -0.3 is 4.84 Å². The lowest BCUT2D eigenvalue weighted by Crippen LogP contribution is -2.25. The maximum Gasteiger partial charge on any atom is 0.416 e. The highest BCUT2D eigenvalue weighted by molar-refractivity contribution is 6.30. The van der Waals surface area contributed by atoms with Crippen molar-refractivity contribution in [3.8, 4) is 0 Å². The first-order valence-electron chi connectivity index (χ1n) is 5.45. The Kier molecular flexibility index (Phi) is 4.28. The Morgan fingerprint density at radius 1 is 1.21 bits per heavy atom. The molecule has 1 unspecified atom stereocenters. The highest BCUT2D eigenvalue weighted by Gasteiger charge is 2.33. The van der Waals surface area contributed by atoms with Crippen molar-refractivity contribution in [3.05, 3.63) is 46.7 Å². The average Bonchev–Trinajstić information content (AvgIpc) is 2.70. The van der Waals surface area contributed by atoms with Crippen molar-refractivity contribution in [2.45, 2.75) is 12.2 Å². The van der Waals surface area contributed by atoms with E-state index < -0.39 is 17.8 Å². The molecule has 2 rings (SSSR count). The summed E-state index contributed by atoms with van der Waals surface area (Å²) in [5.74, 6) is 0.329. The lowest BCUT2D eigenvalue weighted by Gasteiger charge is -2.22. The van der Waals surface area contributed by atoms with E-state index in [1.54, 1.807) is 0 Å². The molecular formula is C12H10Cl2F3NO. The molecule has 1 aromatic carbocycles. The molecule has 1 heterocycles. The molecule has 1 aliphatic rings. The van der Waals surface area contributed by atoms with Crippen molar-refractivity contribution in [1.29, 1.82) is 0 Å². The summed E-state index contributed by atoms with van der Waals surface area (Å²) in [7, 11) is 0. The molecule has 19 heavy (non-hydrogen) atoms. The molecule has 104 valence electrons. The van der Waals surface area contributed by atoms with Crippen molar-refractivity contribution in [2.24, 2.45) is 0 Å².